The quantitative estimate of drug-likeness (QED) is 0.113. The number of hydrogen-bond donors (Lipinski definition) is 0. The smallest absolute Gasteiger partial charge is 0.664 e. The van der Waals surface area contributed by atoms with E-state index in [9.17, 15) is 4.79 Å². The molecule has 6 rings (SSSR count). The number of allylic oxidation sites excluding steroid dienone is 2. The third-order valence-corrected chi connectivity index (χ3v) is 6.17. The monoisotopic (exact) mass is 597 g/mol. The van der Waals surface area contributed by atoms with E-state index in [0.717, 1.165) is 22.3 Å². The zero-order chi connectivity index (χ0) is 26.7. The molecule has 4 heteroatoms. The molecule has 0 unspecified atom stereocenters. The van der Waals surface area contributed by atoms with Crippen LogP contribution < -0.4 is 0 Å². The van der Waals surface area contributed by atoms with Gasteiger partial charge in [-0.05, 0) is 27.8 Å². The summed E-state index contributed by atoms with van der Waals surface area (Å²) in [4.78, 5) is 10.3. The number of hydrogen-bond acceptors (Lipinski definition) is 1. The van der Waals surface area contributed by atoms with Gasteiger partial charge >= 0.3 is 21.7 Å². The normalized spacial score (nSPS) is 9.05. The first-order valence-corrected chi connectivity index (χ1v) is 12.4. The minimum atomic E-state index is -0.629. The van der Waals surface area contributed by atoms with Crippen LogP contribution in [0.15, 0.2) is 159 Å². The molecule has 0 aromatic heterocycles. The van der Waals surface area contributed by atoms with Crippen LogP contribution in [0.2, 0.25) is 0 Å². The number of carbonyl (C=O) groups excluding carboxylic acids is 1. The molecule has 6 aromatic carbocycles. The van der Waals surface area contributed by atoms with Gasteiger partial charge in [-0.3, -0.25) is 0 Å². The first kappa shape index (κ1) is 37.9. The van der Waals surface area contributed by atoms with Gasteiger partial charge in [-0.25, -0.2) is 0 Å². The Labute approximate surface area is 270 Å². The van der Waals surface area contributed by atoms with Crippen LogP contribution in [-0.4, -0.2) is 16.9 Å². The van der Waals surface area contributed by atoms with Gasteiger partial charge in [-0.2, -0.15) is 0 Å². The topological polar surface area (TPSA) is 40.9 Å². The number of rotatable bonds is 4. The van der Waals surface area contributed by atoms with Gasteiger partial charge in [0.05, 0.1) is 5.91 Å². The van der Waals surface area contributed by atoms with Crippen LogP contribution in [0.5, 0.6) is 0 Å². The summed E-state index contributed by atoms with van der Waals surface area (Å²) in [5.41, 5.74) is 11.3. The Hall–Kier alpha value is -4.15. The maximum absolute atomic E-state index is 10.3. The Morgan fingerprint density at radius 3 is 1.10 bits per heavy atom. The minimum absolute atomic E-state index is 0. The molecule has 0 aliphatic carbocycles. The van der Waals surface area contributed by atoms with E-state index in [1.807, 2.05) is 42.5 Å². The molecular formula is C38H35NOSiTi. The van der Waals surface area contributed by atoms with Crippen molar-refractivity contribution in [2.45, 2.75) is 0 Å². The number of benzene rings is 5. The fourth-order valence-electron chi connectivity index (χ4n) is 4.12. The molecule has 6 aromatic rings. The van der Waals surface area contributed by atoms with E-state index < -0.39 is 5.91 Å². The maximum atomic E-state index is 10.3. The Balaban J connectivity index is 0.000000592. The predicted octanol–water partition coefficient (Wildman–Crippen LogP) is 10.5. The third kappa shape index (κ3) is 10.0. The molecule has 1 N–H and O–H groups in total. The summed E-state index contributed by atoms with van der Waals surface area (Å²) < 4.78 is 0. The van der Waals surface area contributed by atoms with Gasteiger partial charge in [0.2, 0.25) is 0 Å². The molecule has 4 radical (unpaired) electrons. The molecule has 0 bridgehead atoms. The van der Waals surface area contributed by atoms with Crippen molar-refractivity contribution in [2.24, 2.45) is 0 Å². The van der Waals surface area contributed by atoms with Crippen LogP contribution in [0, 0.1) is 14.9 Å². The van der Waals surface area contributed by atoms with Gasteiger partial charge in [-0.1, -0.05) is 141 Å². The fraction of sp³-hybridized carbons (Fsp3) is 0. The van der Waals surface area contributed by atoms with Crippen LogP contribution in [0.4, 0.5) is 0 Å². The van der Waals surface area contributed by atoms with Gasteiger partial charge in [0.25, 0.3) is 0 Å². The molecule has 0 atom stereocenters. The molecule has 0 fully saturated rings. The Morgan fingerprint density at radius 1 is 0.500 bits per heavy atom. The van der Waals surface area contributed by atoms with E-state index >= 15 is 0 Å². The SMILES string of the molecule is C=C(C(=C)c1ccccc1)c1ccccc1.[CH3-].[CH3-].[NH-]C(=O)c1ccccc1.[Si].[Ti+4].c1ccc2c(c1)[cH-]c1ccccc12. The summed E-state index contributed by atoms with van der Waals surface area (Å²) in [6.45, 7) is 8.20. The van der Waals surface area contributed by atoms with Crippen LogP contribution in [0.1, 0.15) is 21.5 Å². The molecule has 0 aliphatic heterocycles. The largest absolute Gasteiger partial charge is 4.00 e. The van der Waals surface area contributed by atoms with Crippen molar-refractivity contribution in [3.63, 3.8) is 0 Å². The molecule has 0 heterocycles. The van der Waals surface area contributed by atoms with Gasteiger partial charge in [0, 0.05) is 11.0 Å². The van der Waals surface area contributed by atoms with E-state index in [1.54, 1.807) is 24.3 Å². The number of fused-ring (bicyclic) bond motifs is 3. The minimum Gasteiger partial charge on any atom is -0.664 e. The van der Waals surface area contributed by atoms with E-state index in [2.05, 4.69) is 92.0 Å². The van der Waals surface area contributed by atoms with Gasteiger partial charge < -0.3 is 25.4 Å². The first-order chi connectivity index (χ1) is 18.5. The van der Waals surface area contributed by atoms with Crippen molar-refractivity contribution in [1.82, 2.24) is 0 Å². The second-order valence-corrected chi connectivity index (χ2v) is 8.70. The van der Waals surface area contributed by atoms with Crippen molar-refractivity contribution >= 4 is 49.6 Å². The summed E-state index contributed by atoms with van der Waals surface area (Å²) in [7, 11) is 0. The summed E-state index contributed by atoms with van der Waals surface area (Å²) in [6.07, 6.45) is 0. The summed E-state index contributed by atoms with van der Waals surface area (Å²) >= 11 is 0. The molecule has 2 nitrogen and oxygen atoms in total. The summed E-state index contributed by atoms with van der Waals surface area (Å²) in [6, 6.07) is 48.1. The van der Waals surface area contributed by atoms with Crippen molar-refractivity contribution in [3.8, 4) is 0 Å². The number of amides is 1. The van der Waals surface area contributed by atoms with E-state index in [0.29, 0.717) is 5.56 Å². The van der Waals surface area contributed by atoms with E-state index in [-0.39, 0.29) is 47.5 Å². The van der Waals surface area contributed by atoms with Crippen LogP contribution >= 0.6 is 0 Å². The second-order valence-electron chi connectivity index (χ2n) is 8.70. The zero-order valence-corrected chi connectivity index (χ0v) is 26.7. The molecule has 0 spiro atoms. The average Bonchev–Trinajstić information content (AvgIpc) is 3.37. The molecule has 0 aliphatic rings. The summed E-state index contributed by atoms with van der Waals surface area (Å²) in [5, 5.41) is 5.39. The van der Waals surface area contributed by atoms with Crippen molar-refractivity contribution in [1.29, 1.82) is 0 Å². The zero-order valence-electron chi connectivity index (χ0n) is 24.2. The van der Waals surface area contributed by atoms with Crippen molar-refractivity contribution < 1.29 is 26.5 Å². The number of nitrogens with one attached hydrogen (secondary N) is 1. The molecule has 42 heavy (non-hydrogen) atoms. The molecule has 0 saturated carbocycles. The van der Waals surface area contributed by atoms with Gasteiger partial charge in [0.15, 0.2) is 0 Å². The van der Waals surface area contributed by atoms with Crippen LogP contribution in [-0.2, 0) is 21.7 Å². The Kier molecular flexibility index (Phi) is 17.2. The first-order valence-electron chi connectivity index (χ1n) is 12.4. The maximum Gasteiger partial charge on any atom is 4.00 e. The molecule has 0 saturated heterocycles. The fourth-order valence-corrected chi connectivity index (χ4v) is 4.12. The summed E-state index contributed by atoms with van der Waals surface area (Å²) in [5.74, 6) is -0.629. The van der Waals surface area contributed by atoms with Crippen molar-refractivity contribution in [3.05, 3.63) is 196 Å². The van der Waals surface area contributed by atoms with Crippen molar-refractivity contribution in [2.75, 3.05) is 0 Å². The molecule has 1 amide bonds. The van der Waals surface area contributed by atoms with Gasteiger partial charge in [0.1, 0.15) is 0 Å². The number of carbonyl (C=O) groups is 1. The van der Waals surface area contributed by atoms with E-state index in [4.69, 9.17) is 5.73 Å². The van der Waals surface area contributed by atoms with Crippen LogP contribution in [0.3, 0.4) is 0 Å². The second kappa shape index (κ2) is 19.1. The Bertz CT molecular complexity index is 1560. The molecular weight excluding hydrogens is 562 g/mol. The predicted molar refractivity (Wildman–Crippen MR) is 182 cm³/mol. The Morgan fingerprint density at radius 2 is 0.786 bits per heavy atom. The van der Waals surface area contributed by atoms with E-state index in [1.165, 1.54) is 21.5 Å². The molecule has 206 valence electrons. The standard InChI is InChI=1S/C16H14.C13H9.C7H7NO.2CH3.Si.Ti/c1-13(15-9-5-3-6-10-15)14(2)16-11-7-4-8-12-16;1-3-7-12-10(5-1)9-11-6-2-4-8-13(11)12;8-7(9)6-4-2-1-3-5-6;;;;/h3-12H,1-2H2;1-9H;1-5H,(H2,8,9);2*1H3;;/q;-1;;2*-1;;+4/p-1. The van der Waals surface area contributed by atoms with Gasteiger partial charge in [-0.15, -0.1) is 39.7 Å². The average molecular weight is 598 g/mol. The third-order valence-electron chi connectivity index (χ3n) is 6.17. The van der Waals surface area contributed by atoms with Crippen LogP contribution in [0.25, 0.3) is 38.4 Å².